The Morgan fingerprint density at radius 2 is 2.45 bits per heavy atom. The average molecular weight is 169 g/mol. The van der Waals surface area contributed by atoms with Gasteiger partial charge < -0.3 is 10.1 Å². The Morgan fingerprint density at radius 1 is 1.73 bits per heavy atom. The second-order valence-electron chi connectivity index (χ2n) is 3.05. The Labute approximate surface area is 69.6 Å². The summed E-state index contributed by atoms with van der Waals surface area (Å²) in [7, 11) is 0.107. The second-order valence-corrected chi connectivity index (χ2v) is 4.67. The molecule has 0 amide bonds. The van der Waals surface area contributed by atoms with Crippen molar-refractivity contribution in [1.29, 1.82) is 0 Å². The van der Waals surface area contributed by atoms with Gasteiger partial charge in [-0.05, 0) is 0 Å². The van der Waals surface area contributed by atoms with Gasteiger partial charge in [0.15, 0.2) is 0 Å². The Hall–Kier alpha value is -0.570. The standard InChI is InChI=1S/C8H13N2S/c1-8(6-11(2)3)4-9-7-10-5-8/h4,6-7H,2,5H2,1,3H3/q-1. The first kappa shape index (κ1) is 8.53. The van der Waals surface area contributed by atoms with Gasteiger partial charge in [0.25, 0.3) is 0 Å². The van der Waals surface area contributed by atoms with Crippen molar-refractivity contribution in [2.24, 2.45) is 15.4 Å². The number of hydrogen-bond donors (Lipinski definition) is 0. The minimum Gasteiger partial charge on any atom is -0.484 e. The van der Waals surface area contributed by atoms with Crippen molar-refractivity contribution in [2.45, 2.75) is 6.92 Å². The summed E-state index contributed by atoms with van der Waals surface area (Å²) < 4.78 is 0. The highest BCUT2D eigenvalue weighted by atomic mass is 32.2. The second kappa shape index (κ2) is 3.22. The Kier molecular flexibility index (Phi) is 2.49. The predicted molar refractivity (Wildman–Crippen MR) is 56.4 cm³/mol. The fraction of sp³-hybridized carbons (Fsp3) is 0.500. The number of hydrogen-bond acceptors (Lipinski definition) is 3. The molecule has 0 N–H and O–H groups in total. The van der Waals surface area contributed by atoms with Crippen LogP contribution in [0.3, 0.4) is 0 Å². The molecule has 3 heteroatoms. The first-order valence-corrected chi connectivity index (χ1v) is 5.32. The van der Waals surface area contributed by atoms with Gasteiger partial charge in [0.1, 0.15) is 6.34 Å². The van der Waals surface area contributed by atoms with Crippen molar-refractivity contribution >= 4 is 33.9 Å². The van der Waals surface area contributed by atoms with Crippen molar-refractivity contribution in [3.63, 3.8) is 0 Å². The molecule has 1 heterocycles. The van der Waals surface area contributed by atoms with E-state index in [0.29, 0.717) is 0 Å². The maximum absolute atomic E-state index is 4.11. The molecule has 1 atom stereocenters. The molecule has 2 nitrogen and oxygen atoms in total. The summed E-state index contributed by atoms with van der Waals surface area (Å²) in [6.45, 7) is 2.94. The van der Waals surface area contributed by atoms with E-state index in [0.717, 1.165) is 6.54 Å². The van der Waals surface area contributed by atoms with Crippen molar-refractivity contribution in [2.75, 3.05) is 12.8 Å². The molecule has 0 aromatic heterocycles. The molecule has 0 fully saturated rings. The zero-order valence-corrected chi connectivity index (χ0v) is 7.77. The highest BCUT2D eigenvalue weighted by Crippen LogP contribution is 2.12. The van der Waals surface area contributed by atoms with E-state index >= 15 is 0 Å². The van der Waals surface area contributed by atoms with Crippen LogP contribution in [0.5, 0.6) is 0 Å². The molecule has 0 aliphatic carbocycles. The molecular weight excluding hydrogens is 156 g/mol. The highest BCUT2D eigenvalue weighted by molar-refractivity contribution is 7.92. The topological polar surface area (TPSA) is 24.7 Å². The summed E-state index contributed by atoms with van der Waals surface area (Å²) in [6.07, 6.45) is 5.64. The minimum absolute atomic E-state index is 0.0361. The number of aliphatic imine (C=N–C) groups is 2. The quantitative estimate of drug-likeness (QED) is 0.405. The lowest BCUT2D eigenvalue weighted by Gasteiger charge is -2.24. The van der Waals surface area contributed by atoms with E-state index in [-0.39, 0.29) is 15.5 Å². The summed E-state index contributed by atoms with van der Waals surface area (Å²) in [6, 6.07) is 0. The molecule has 0 saturated carbocycles. The molecule has 1 aliphatic heterocycles. The predicted octanol–water partition coefficient (Wildman–Crippen LogP) is 0.588. The average Bonchev–Trinajstić information content (AvgIpc) is 1.85. The molecule has 1 rings (SSSR count). The first-order chi connectivity index (χ1) is 5.12. The Morgan fingerprint density at radius 3 is 2.91 bits per heavy atom. The number of rotatable bonds is 1. The van der Waals surface area contributed by atoms with Crippen molar-refractivity contribution in [1.82, 2.24) is 0 Å². The summed E-state index contributed by atoms with van der Waals surface area (Å²) >= 11 is 0. The molecule has 0 saturated heterocycles. The van der Waals surface area contributed by atoms with Crippen molar-refractivity contribution in [3.8, 4) is 0 Å². The van der Waals surface area contributed by atoms with Crippen LogP contribution < -0.4 is 0 Å². The molecule has 11 heavy (non-hydrogen) atoms. The Balaban J connectivity index is 2.85. The van der Waals surface area contributed by atoms with Crippen LogP contribution in [0.1, 0.15) is 6.92 Å². The zero-order valence-electron chi connectivity index (χ0n) is 6.95. The molecule has 1 aliphatic rings. The van der Waals surface area contributed by atoms with Crippen LogP contribution in [0.2, 0.25) is 0 Å². The lowest BCUT2D eigenvalue weighted by atomic mass is 9.95. The summed E-state index contributed by atoms with van der Waals surface area (Å²) in [5.41, 5.74) is 0.0361. The maximum Gasteiger partial charge on any atom is 0.109 e. The van der Waals surface area contributed by atoms with Crippen molar-refractivity contribution in [3.05, 3.63) is 0 Å². The van der Waals surface area contributed by atoms with Crippen molar-refractivity contribution < 1.29 is 0 Å². The third-order valence-corrected chi connectivity index (χ3v) is 2.36. The van der Waals surface area contributed by atoms with Gasteiger partial charge in [-0.15, -0.1) is 6.26 Å². The lowest BCUT2D eigenvalue weighted by molar-refractivity contribution is 0.688. The van der Waals surface area contributed by atoms with Crippen LogP contribution >= 0.6 is 0 Å². The van der Waals surface area contributed by atoms with Gasteiger partial charge in [0.05, 0.1) is 6.54 Å². The van der Waals surface area contributed by atoms with E-state index in [2.05, 4.69) is 34.4 Å². The monoisotopic (exact) mass is 169 g/mol. The van der Waals surface area contributed by atoms with Crippen LogP contribution in [-0.4, -0.2) is 36.6 Å². The summed E-state index contributed by atoms with van der Waals surface area (Å²) in [5.74, 6) is 3.94. The van der Waals surface area contributed by atoms with Crippen LogP contribution in [-0.2, 0) is 10.1 Å². The third-order valence-electron chi connectivity index (χ3n) is 1.42. The Bertz CT molecular complexity index is 272. The van der Waals surface area contributed by atoms with Crippen LogP contribution in [0, 0.1) is 5.41 Å². The summed E-state index contributed by atoms with van der Waals surface area (Å²) in [4.78, 5) is 8.12. The zero-order chi connectivity index (χ0) is 8.32. The molecule has 62 valence electrons. The minimum atomic E-state index is 0.0361. The van der Waals surface area contributed by atoms with Crippen LogP contribution in [0.4, 0.5) is 0 Å². The largest absolute Gasteiger partial charge is 0.484 e. The molecule has 0 radical (unpaired) electrons. The number of nitrogens with zero attached hydrogens (tertiary/aromatic N) is 2. The highest BCUT2D eigenvalue weighted by Gasteiger charge is 2.15. The van der Waals surface area contributed by atoms with E-state index in [1.807, 2.05) is 6.21 Å². The van der Waals surface area contributed by atoms with Gasteiger partial charge in [-0.2, -0.15) is 5.37 Å². The molecule has 1 unspecified atom stereocenters. The lowest BCUT2D eigenvalue weighted by Crippen LogP contribution is -2.27. The van der Waals surface area contributed by atoms with Gasteiger partial charge in [-0.25, -0.2) is 10.9 Å². The third kappa shape index (κ3) is 2.50. The first-order valence-electron chi connectivity index (χ1n) is 3.45. The molecule has 0 aromatic rings. The molecular formula is C8H13N2S-. The van der Waals surface area contributed by atoms with Gasteiger partial charge in [0.2, 0.25) is 0 Å². The van der Waals surface area contributed by atoms with E-state index < -0.39 is 0 Å². The van der Waals surface area contributed by atoms with E-state index in [9.17, 15) is 0 Å². The fourth-order valence-corrected chi connectivity index (χ4v) is 2.11. The van der Waals surface area contributed by atoms with Gasteiger partial charge in [0, 0.05) is 11.6 Å². The van der Waals surface area contributed by atoms with Gasteiger partial charge in [-0.3, -0.25) is 4.99 Å². The smallest absolute Gasteiger partial charge is 0.109 e. The SMILES string of the molecule is C=[S-](C)=CC1(C)C=NC=NC1. The van der Waals surface area contributed by atoms with E-state index in [4.69, 9.17) is 0 Å². The van der Waals surface area contributed by atoms with Crippen LogP contribution in [0.15, 0.2) is 9.98 Å². The molecule has 0 bridgehead atoms. The molecule has 0 aromatic carbocycles. The van der Waals surface area contributed by atoms with Crippen LogP contribution in [0.25, 0.3) is 0 Å². The molecule has 0 spiro atoms. The maximum atomic E-state index is 4.11. The van der Waals surface area contributed by atoms with Gasteiger partial charge >= 0.3 is 0 Å². The summed E-state index contributed by atoms with van der Waals surface area (Å²) in [5, 5.41) is 2.20. The van der Waals surface area contributed by atoms with E-state index in [1.54, 1.807) is 6.34 Å². The fourth-order valence-electron chi connectivity index (χ4n) is 1.06. The van der Waals surface area contributed by atoms with E-state index in [1.165, 1.54) is 0 Å². The normalized spacial score (nSPS) is 32.5. The van der Waals surface area contributed by atoms with Gasteiger partial charge in [-0.1, -0.05) is 6.92 Å².